The standard InChI is InChI=1S/C15H20ClNO2/c1-11(2)19-15-6-5-12(16)9-13(15)14(18)10-17-7-3-4-8-17/h5-6,9,11H,3-4,7-8,10H2,1-2H3. The molecule has 4 heteroatoms. The van der Waals surface area contributed by atoms with Crippen molar-refractivity contribution in [3.05, 3.63) is 28.8 Å². The van der Waals surface area contributed by atoms with Gasteiger partial charge in [0.15, 0.2) is 5.78 Å². The summed E-state index contributed by atoms with van der Waals surface area (Å²) in [5.74, 6) is 0.712. The molecule has 0 aromatic heterocycles. The molecule has 1 aromatic carbocycles. The van der Waals surface area contributed by atoms with E-state index in [0.29, 0.717) is 22.9 Å². The van der Waals surface area contributed by atoms with E-state index in [4.69, 9.17) is 16.3 Å². The summed E-state index contributed by atoms with van der Waals surface area (Å²) in [6.07, 6.45) is 2.40. The molecule has 0 unspecified atom stereocenters. The first-order valence-electron chi connectivity index (χ1n) is 6.78. The van der Waals surface area contributed by atoms with Crippen molar-refractivity contribution < 1.29 is 9.53 Å². The van der Waals surface area contributed by atoms with Crippen molar-refractivity contribution in [3.8, 4) is 5.75 Å². The van der Waals surface area contributed by atoms with Crippen molar-refractivity contribution in [2.24, 2.45) is 0 Å². The van der Waals surface area contributed by atoms with Gasteiger partial charge in [0, 0.05) is 5.02 Å². The Bertz CT molecular complexity index is 453. The molecule has 2 rings (SSSR count). The molecule has 104 valence electrons. The molecular weight excluding hydrogens is 262 g/mol. The lowest BCUT2D eigenvalue weighted by atomic mass is 10.1. The third kappa shape index (κ3) is 3.95. The average Bonchev–Trinajstić information content (AvgIpc) is 2.83. The fourth-order valence-corrected chi connectivity index (χ4v) is 2.48. The molecule has 0 radical (unpaired) electrons. The number of carbonyl (C=O) groups is 1. The molecule has 0 aliphatic carbocycles. The zero-order valence-corrected chi connectivity index (χ0v) is 12.2. The third-order valence-corrected chi connectivity index (χ3v) is 3.41. The summed E-state index contributed by atoms with van der Waals surface area (Å²) in [5.41, 5.74) is 0.591. The number of ether oxygens (including phenoxy) is 1. The molecule has 0 saturated carbocycles. The lowest BCUT2D eigenvalue weighted by molar-refractivity contribution is 0.0939. The maximum Gasteiger partial charge on any atom is 0.180 e. The van der Waals surface area contributed by atoms with Gasteiger partial charge in [0.05, 0.1) is 18.2 Å². The van der Waals surface area contributed by atoms with Gasteiger partial charge in [0.25, 0.3) is 0 Å². The molecule has 0 amide bonds. The third-order valence-electron chi connectivity index (χ3n) is 3.17. The van der Waals surface area contributed by atoms with Crippen molar-refractivity contribution in [1.82, 2.24) is 4.90 Å². The van der Waals surface area contributed by atoms with E-state index in [9.17, 15) is 4.79 Å². The molecule has 1 aliphatic heterocycles. The Balaban J connectivity index is 2.15. The van der Waals surface area contributed by atoms with Crippen LogP contribution in [-0.2, 0) is 0 Å². The number of nitrogens with zero attached hydrogens (tertiary/aromatic N) is 1. The molecule has 0 N–H and O–H groups in total. The van der Waals surface area contributed by atoms with E-state index >= 15 is 0 Å². The topological polar surface area (TPSA) is 29.5 Å². The number of hydrogen-bond donors (Lipinski definition) is 0. The van der Waals surface area contributed by atoms with Gasteiger partial charge in [-0.3, -0.25) is 9.69 Å². The summed E-state index contributed by atoms with van der Waals surface area (Å²) in [5, 5.41) is 0.570. The van der Waals surface area contributed by atoms with E-state index in [2.05, 4.69) is 4.90 Å². The molecule has 3 nitrogen and oxygen atoms in total. The van der Waals surface area contributed by atoms with Gasteiger partial charge in [0.2, 0.25) is 0 Å². The highest BCUT2D eigenvalue weighted by molar-refractivity contribution is 6.31. The number of rotatable bonds is 5. The van der Waals surface area contributed by atoms with Crippen LogP contribution in [0.25, 0.3) is 0 Å². The average molecular weight is 282 g/mol. The first-order valence-corrected chi connectivity index (χ1v) is 7.16. The van der Waals surface area contributed by atoms with Gasteiger partial charge < -0.3 is 4.74 Å². The Hall–Kier alpha value is -1.06. The minimum atomic E-state index is 0.0412. The quantitative estimate of drug-likeness (QED) is 0.775. The Morgan fingerprint density at radius 2 is 2.05 bits per heavy atom. The molecule has 0 spiro atoms. The highest BCUT2D eigenvalue weighted by atomic mass is 35.5. The van der Waals surface area contributed by atoms with Gasteiger partial charge in [-0.05, 0) is 58.0 Å². The molecule has 0 atom stereocenters. The highest BCUT2D eigenvalue weighted by Crippen LogP contribution is 2.25. The smallest absolute Gasteiger partial charge is 0.180 e. The van der Waals surface area contributed by atoms with E-state index in [1.54, 1.807) is 18.2 Å². The maximum absolute atomic E-state index is 12.4. The Labute approximate surface area is 119 Å². The Kier molecular flexibility index (Phi) is 4.83. The van der Waals surface area contributed by atoms with E-state index in [-0.39, 0.29) is 11.9 Å². The zero-order chi connectivity index (χ0) is 13.8. The summed E-state index contributed by atoms with van der Waals surface area (Å²) in [6, 6.07) is 5.24. The largest absolute Gasteiger partial charge is 0.490 e. The second kappa shape index (κ2) is 6.40. The fraction of sp³-hybridized carbons (Fsp3) is 0.533. The van der Waals surface area contributed by atoms with E-state index in [1.165, 1.54) is 12.8 Å². The highest BCUT2D eigenvalue weighted by Gasteiger charge is 2.19. The molecule has 0 bridgehead atoms. The van der Waals surface area contributed by atoms with Crippen LogP contribution >= 0.6 is 11.6 Å². The molecular formula is C15H20ClNO2. The molecule has 1 aromatic rings. The lowest BCUT2D eigenvalue weighted by Crippen LogP contribution is -2.27. The van der Waals surface area contributed by atoms with Crippen molar-refractivity contribution >= 4 is 17.4 Å². The van der Waals surface area contributed by atoms with Crippen LogP contribution in [0.4, 0.5) is 0 Å². The van der Waals surface area contributed by atoms with Crippen LogP contribution in [-0.4, -0.2) is 36.4 Å². The summed E-state index contributed by atoms with van der Waals surface area (Å²) in [6.45, 7) is 6.36. The van der Waals surface area contributed by atoms with E-state index in [0.717, 1.165) is 13.1 Å². The first-order chi connectivity index (χ1) is 9.06. The number of carbonyl (C=O) groups excluding carboxylic acids is 1. The molecule has 1 fully saturated rings. The second-order valence-electron chi connectivity index (χ2n) is 5.21. The Morgan fingerprint density at radius 1 is 1.37 bits per heavy atom. The fourth-order valence-electron chi connectivity index (χ4n) is 2.31. The van der Waals surface area contributed by atoms with Gasteiger partial charge >= 0.3 is 0 Å². The normalized spacial score (nSPS) is 16.0. The zero-order valence-electron chi connectivity index (χ0n) is 11.5. The van der Waals surface area contributed by atoms with Gasteiger partial charge in [-0.15, -0.1) is 0 Å². The summed E-state index contributed by atoms with van der Waals surface area (Å²) in [7, 11) is 0. The van der Waals surface area contributed by atoms with Crippen LogP contribution in [0.1, 0.15) is 37.0 Å². The first kappa shape index (κ1) is 14.4. The van der Waals surface area contributed by atoms with Crippen LogP contribution in [0.5, 0.6) is 5.75 Å². The predicted octanol–water partition coefficient (Wildman–Crippen LogP) is 3.41. The number of benzene rings is 1. The van der Waals surface area contributed by atoms with Crippen LogP contribution in [0, 0.1) is 0 Å². The molecule has 19 heavy (non-hydrogen) atoms. The molecule has 1 aliphatic rings. The van der Waals surface area contributed by atoms with Gasteiger partial charge in [0.1, 0.15) is 5.75 Å². The number of likely N-dealkylation sites (tertiary alicyclic amines) is 1. The predicted molar refractivity (Wildman–Crippen MR) is 77.2 cm³/mol. The summed E-state index contributed by atoms with van der Waals surface area (Å²) >= 11 is 5.99. The van der Waals surface area contributed by atoms with Crippen molar-refractivity contribution in [3.63, 3.8) is 0 Å². The monoisotopic (exact) mass is 281 g/mol. The van der Waals surface area contributed by atoms with Gasteiger partial charge in [-0.25, -0.2) is 0 Å². The number of Topliss-reactive ketones (excluding diaryl/α,β-unsaturated/α-hetero) is 1. The SMILES string of the molecule is CC(C)Oc1ccc(Cl)cc1C(=O)CN1CCCC1. The van der Waals surface area contributed by atoms with Crippen LogP contribution in [0.3, 0.4) is 0 Å². The Morgan fingerprint density at radius 3 is 2.68 bits per heavy atom. The minimum Gasteiger partial charge on any atom is -0.490 e. The van der Waals surface area contributed by atoms with Crippen molar-refractivity contribution in [2.45, 2.75) is 32.8 Å². The van der Waals surface area contributed by atoms with Crippen molar-refractivity contribution in [1.29, 1.82) is 0 Å². The van der Waals surface area contributed by atoms with E-state index < -0.39 is 0 Å². The summed E-state index contributed by atoms with van der Waals surface area (Å²) in [4.78, 5) is 14.6. The van der Waals surface area contributed by atoms with Gasteiger partial charge in [-0.1, -0.05) is 11.6 Å². The lowest BCUT2D eigenvalue weighted by Gasteiger charge is -2.17. The molecule has 1 saturated heterocycles. The van der Waals surface area contributed by atoms with Crippen LogP contribution in [0.2, 0.25) is 5.02 Å². The maximum atomic E-state index is 12.4. The van der Waals surface area contributed by atoms with Crippen molar-refractivity contribution in [2.75, 3.05) is 19.6 Å². The molecule has 1 heterocycles. The van der Waals surface area contributed by atoms with Gasteiger partial charge in [-0.2, -0.15) is 0 Å². The van der Waals surface area contributed by atoms with Crippen LogP contribution < -0.4 is 4.74 Å². The number of ketones is 1. The van der Waals surface area contributed by atoms with Crippen LogP contribution in [0.15, 0.2) is 18.2 Å². The van der Waals surface area contributed by atoms with E-state index in [1.807, 2.05) is 13.8 Å². The number of hydrogen-bond acceptors (Lipinski definition) is 3. The minimum absolute atomic E-state index is 0.0412. The number of halogens is 1. The summed E-state index contributed by atoms with van der Waals surface area (Å²) < 4.78 is 5.69. The second-order valence-corrected chi connectivity index (χ2v) is 5.65.